The van der Waals surface area contributed by atoms with Crippen LogP contribution in [0.3, 0.4) is 0 Å². The second-order valence-corrected chi connectivity index (χ2v) is 7.33. The van der Waals surface area contributed by atoms with Gasteiger partial charge < -0.3 is 10.2 Å². The summed E-state index contributed by atoms with van der Waals surface area (Å²) in [4.78, 5) is 0. The maximum atomic E-state index is 7.00. The zero-order chi connectivity index (χ0) is 20.7. The quantitative estimate of drug-likeness (QED) is 0.424. The first-order chi connectivity index (χ1) is 11.7. The van der Waals surface area contributed by atoms with E-state index in [-0.39, 0.29) is 21.7 Å². The SMILES string of the molecule is CC1=[C-]C(C)C(C)=C1C.CC1=[C-]C(C)C(C)=C1C.CO.CO.C[SiH]C.[Ti+2]. The van der Waals surface area contributed by atoms with Crippen LogP contribution in [0.25, 0.3) is 0 Å². The molecule has 0 aliphatic heterocycles. The molecule has 4 heteroatoms. The van der Waals surface area contributed by atoms with E-state index in [1.54, 1.807) is 0 Å². The summed E-state index contributed by atoms with van der Waals surface area (Å²) in [6.07, 6.45) is 6.72. The predicted octanol–water partition coefficient (Wildman–Crippen LogP) is 5.18. The third kappa shape index (κ3) is 12.2. The maximum absolute atomic E-state index is 7.00. The van der Waals surface area contributed by atoms with Gasteiger partial charge in [0, 0.05) is 23.7 Å². The van der Waals surface area contributed by atoms with E-state index in [4.69, 9.17) is 10.2 Å². The number of aliphatic hydroxyl groups is 2. The Hall–Kier alpha value is -0.189. The Balaban J connectivity index is -0.000000135. The Morgan fingerprint density at radius 1 is 0.654 bits per heavy atom. The van der Waals surface area contributed by atoms with E-state index in [1.165, 1.54) is 33.4 Å². The number of hydrogen-bond acceptors (Lipinski definition) is 2. The van der Waals surface area contributed by atoms with Gasteiger partial charge in [0.25, 0.3) is 0 Å². The zero-order valence-corrected chi connectivity index (χ0v) is 21.8. The molecule has 26 heavy (non-hydrogen) atoms. The van der Waals surface area contributed by atoms with Gasteiger partial charge in [-0.25, -0.2) is 11.1 Å². The summed E-state index contributed by atoms with van der Waals surface area (Å²) in [6.45, 7) is 21.8. The summed E-state index contributed by atoms with van der Waals surface area (Å²) in [5.74, 6) is 1.12. The van der Waals surface area contributed by atoms with Crippen LogP contribution in [0.1, 0.15) is 55.4 Å². The van der Waals surface area contributed by atoms with Crippen LogP contribution in [0, 0.1) is 24.0 Å². The molecule has 0 fully saturated rings. The molecule has 2 rings (SSSR count). The van der Waals surface area contributed by atoms with Crippen LogP contribution in [0.4, 0.5) is 0 Å². The van der Waals surface area contributed by atoms with Crippen molar-refractivity contribution in [2.24, 2.45) is 11.8 Å². The van der Waals surface area contributed by atoms with Crippen LogP contribution in [0.15, 0.2) is 33.4 Å². The largest absolute Gasteiger partial charge is 2.00 e. The second-order valence-electron chi connectivity index (χ2n) is 6.18. The maximum Gasteiger partial charge on any atom is 2.00 e. The molecule has 0 aromatic carbocycles. The molecule has 2 aliphatic carbocycles. The van der Waals surface area contributed by atoms with Crippen LogP contribution in [-0.4, -0.2) is 34.0 Å². The number of rotatable bonds is 0. The third-order valence-electron chi connectivity index (χ3n) is 4.47. The summed E-state index contributed by atoms with van der Waals surface area (Å²) in [5, 5.41) is 14.0. The van der Waals surface area contributed by atoms with Gasteiger partial charge >= 0.3 is 21.7 Å². The fraction of sp³-hybridized carbons (Fsp3) is 0.636. The normalized spacial score (nSPS) is 19.9. The van der Waals surface area contributed by atoms with Gasteiger partial charge in [0.15, 0.2) is 0 Å². The first-order valence-electron chi connectivity index (χ1n) is 8.86. The molecular weight excluding hydrogens is 372 g/mol. The molecule has 0 aromatic rings. The fourth-order valence-corrected chi connectivity index (χ4v) is 2.32. The Labute approximate surface area is 181 Å². The molecule has 2 aliphatic rings. The van der Waals surface area contributed by atoms with Gasteiger partial charge in [-0.1, -0.05) is 66.5 Å². The summed E-state index contributed by atoms with van der Waals surface area (Å²) >= 11 is 0. The molecule has 0 saturated carbocycles. The van der Waals surface area contributed by atoms with Gasteiger partial charge in [-0.05, 0) is 0 Å². The Bertz CT molecular complexity index is 444. The molecule has 0 heterocycles. The smallest absolute Gasteiger partial charge is 0.400 e. The van der Waals surface area contributed by atoms with Gasteiger partial charge in [0.05, 0.1) is 0 Å². The van der Waals surface area contributed by atoms with E-state index < -0.39 is 0 Å². The first kappa shape index (κ1) is 33.4. The van der Waals surface area contributed by atoms with Crippen molar-refractivity contribution in [3.63, 3.8) is 0 Å². The van der Waals surface area contributed by atoms with Crippen molar-refractivity contribution >= 4 is 9.52 Å². The van der Waals surface area contributed by atoms with Crippen molar-refractivity contribution in [3.8, 4) is 0 Å². The van der Waals surface area contributed by atoms with E-state index in [9.17, 15) is 0 Å². The van der Waals surface area contributed by atoms with Crippen LogP contribution < -0.4 is 0 Å². The van der Waals surface area contributed by atoms with E-state index in [0.29, 0.717) is 11.8 Å². The molecule has 149 valence electrons. The van der Waals surface area contributed by atoms with E-state index in [0.717, 1.165) is 23.7 Å². The molecule has 0 bridgehead atoms. The predicted molar refractivity (Wildman–Crippen MR) is 115 cm³/mol. The van der Waals surface area contributed by atoms with E-state index >= 15 is 0 Å². The third-order valence-corrected chi connectivity index (χ3v) is 4.47. The first-order valence-corrected chi connectivity index (χ1v) is 11.2. The monoisotopic (exact) mass is 413 g/mol. The summed E-state index contributed by atoms with van der Waals surface area (Å²) in [5.41, 5.74) is 8.49. The van der Waals surface area contributed by atoms with E-state index in [2.05, 4.69) is 80.6 Å². The van der Waals surface area contributed by atoms with Crippen molar-refractivity contribution in [2.45, 2.75) is 68.5 Å². The van der Waals surface area contributed by atoms with Crippen LogP contribution >= 0.6 is 0 Å². The van der Waals surface area contributed by atoms with Gasteiger partial charge in [0.2, 0.25) is 0 Å². The van der Waals surface area contributed by atoms with Crippen LogP contribution in [-0.2, 0) is 21.7 Å². The molecule has 1 radical (unpaired) electrons. The van der Waals surface area contributed by atoms with Crippen molar-refractivity contribution < 1.29 is 31.9 Å². The van der Waals surface area contributed by atoms with Crippen molar-refractivity contribution in [1.29, 1.82) is 0 Å². The van der Waals surface area contributed by atoms with Gasteiger partial charge in [0.1, 0.15) is 0 Å². The number of aliphatic hydroxyl groups excluding tert-OH is 2. The molecule has 2 nitrogen and oxygen atoms in total. The molecular formula is C22H41O2SiTi. The molecule has 2 atom stereocenters. The average molecular weight is 414 g/mol. The minimum Gasteiger partial charge on any atom is -0.400 e. The molecule has 0 aromatic heterocycles. The standard InChI is InChI=1S/2C9H13.C2H7Si.2CH4O.Ti/c2*1-6-5-7(2)9(4)8(6)3;1-3-2;2*1-2;/h2*6H,1-4H3;3H,1-2H3;2*2H,1H3;/q2*-1;;;;+2. The molecule has 0 amide bonds. The minimum atomic E-state index is 0. The van der Waals surface area contributed by atoms with Crippen molar-refractivity contribution in [3.05, 3.63) is 45.6 Å². The average Bonchev–Trinajstić information content (AvgIpc) is 2.96. The summed E-state index contributed by atoms with van der Waals surface area (Å²) in [7, 11) is 2.75. The van der Waals surface area contributed by atoms with Gasteiger partial charge in [-0.2, -0.15) is 22.3 Å². The Kier molecular flexibility index (Phi) is 25.1. The minimum absolute atomic E-state index is 0. The number of hydrogen-bond donors (Lipinski definition) is 2. The fourth-order valence-electron chi connectivity index (χ4n) is 2.32. The topological polar surface area (TPSA) is 40.5 Å². The van der Waals surface area contributed by atoms with Crippen LogP contribution in [0.2, 0.25) is 13.1 Å². The van der Waals surface area contributed by atoms with Crippen LogP contribution in [0.5, 0.6) is 0 Å². The van der Waals surface area contributed by atoms with Gasteiger partial charge in [-0.15, -0.1) is 13.8 Å². The van der Waals surface area contributed by atoms with Crippen molar-refractivity contribution in [2.75, 3.05) is 14.2 Å². The number of allylic oxidation sites excluding steroid dienone is 8. The Morgan fingerprint density at radius 2 is 0.846 bits per heavy atom. The molecule has 2 N–H and O–H groups in total. The van der Waals surface area contributed by atoms with Gasteiger partial charge in [-0.3, -0.25) is 12.2 Å². The molecule has 0 saturated heterocycles. The van der Waals surface area contributed by atoms with E-state index in [1.807, 2.05) is 0 Å². The summed E-state index contributed by atoms with van der Waals surface area (Å²) in [6, 6.07) is 0. The zero-order valence-electron chi connectivity index (χ0n) is 19.1. The second kappa shape index (κ2) is 19.6. The van der Waals surface area contributed by atoms with Crippen molar-refractivity contribution in [1.82, 2.24) is 0 Å². The molecule has 0 spiro atoms. The molecule has 2 unspecified atom stereocenters. The summed E-state index contributed by atoms with van der Waals surface area (Å²) < 4.78 is 0. The Morgan fingerprint density at radius 3 is 0.885 bits per heavy atom.